The Morgan fingerprint density at radius 2 is 1.84 bits per heavy atom. The summed E-state index contributed by atoms with van der Waals surface area (Å²) < 4.78 is 47.8. The van der Waals surface area contributed by atoms with Crippen molar-refractivity contribution in [2.45, 2.75) is 31.1 Å². The molecule has 37 heavy (non-hydrogen) atoms. The number of fused-ring (bicyclic) bond motifs is 1. The molecule has 4 rings (SSSR count). The summed E-state index contributed by atoms with van der Waals surface area (Å²) in [7, 11) is -9.18. The van der Waals surface area contributed by atoms with Crippen molar-refractivity contribution in [1.29, 1.82) is 0 Å². The van der Waals surface area contributed by atoms with Gasteiger partial charge in [-0.25, -0.2) is 13.9 Å². The minimum Gasteiger partial charge on any atom is -0.497 e. The summed E-state index contributed by atoms with van der Waals surface area (Å²) in [6.45, 7) is -1.27. The quantitative estimate of drug-likeness (QED) is 0.197. The van der Waals surface area contributed by atoms with Crippen LogP contribution in [-0.4, -0.2) is 71.2 Å². The maximum absolute atomic E-state index is 13.1. The zero-order valence-corrected chi connectivity index (χ0v) is 20.5. The van der Waals surface area contributed by atoms with Crippen molar-refractivity contribution in [2.75, 3.05) is 13.7 Å². The first kappa shape index (κ1) is 27.3. The van der Waals surface area contributed by atoms with Gasteiger partial charge >= 0.3 is 21.3 Å². The minimum absolute atomic E-state index is 0.248. The van der Waals surface area contributed by atoms with E-state index in [0.717, 1.165) is 21.4 Å². The van der Waals surface area contributed by atoms with Crippen LogP contribution in [-0.2, 0) is 29.2 Å². The van der Waals surface area contributed by atoms with Gasteiger partial charge in [-0.3, -0.25) is 18.5 Å². The summed E-state index contributed by atoms with van der Waals surface area (Å²) in [4.78, 5) is 52.3. The molecule has 1 aliphatic heterocycles. The van der Waals surface area contributed by atoms with Gasteiger partial charge in [-0.1, -0.05) is 5.16 Å². The molecule has 1 aromatic carbocycles. The topological polar surface area (TPSA) is 242 Å². The Morgan fingerprint density at radius 3 is 2.51 bits per heavy atom. The normalized spacial score (nSPS) is 23.8. The molecule has 1 fully saturated rings. The lowest BCUT2D eigenvalue weighted by molar-refractivity contribution is -0.0547. The fourth-order valence-electron chi connectivity index (χ4n) is 3.65. The van der Waals surface area contributed by atoms with Crippen LogP contribution in [0.3, 0.4) is 0 Å². The van der Waals surface area contributed by atoms with Gasteiger partial charge in [0.1, 0.15) is 29.8 Å². The summed E-state index contributed by atoms with van der Waals surface area (Å²) in [6.07, 6.45) is -5.60. The van der Waals surface area contributed by atoms with Gasteiger partial charge in [0.05, 0.1) is 20.3 Å². The highest BCUT2D eigenvalue weighted by Gasteiger charge is 2.46. The predicted molar refractivity (Wildman–Crippen MR) is 119 cm³/mol. The van der Waals surface area contributed by atoms with Crippen molar-refractivity contribution < 1.29 is 56.9 Å². The lowest BCUT2D eigenvalue weighted by atomic mass is 10.1. The number of benzene rings is 1. The molecule has 3 heterocycles. The van der Waals surface area contributed by atoms with Crippen LogP contribution in [0.25, 0.3) is 11.0 Å². The van der Waals surface area contributed by atoms with Gasteiger partial charge in [-0.15, -0.1) is 0 Å². The van der Waals surface area contributed by atoms with Crippen molar-refractivity contribution in [2.24, 2.45) is 0 Å². The Bertz CT molecular complexity index is 1510. The third-order valence-corrected chi connectivity index (χ3v) is 7.53. The van der Waals surface area contributed by atoms with E-state index in [0.29, 0.717) is 16.7 Å². The van der Waals surface area contributed by atoms with Gasteiger partial charge in [0.25, 0.3) is 5.56 Å². The Kier molecular flexibility index (Phi) is 7.56. The number of hydrogen-bond donors (Lipinski definition) is 5. The molecule has 0 saturated carbocycles. The minimum atomic E-state index is -5.38. The molecular weight excluding hydrogens is 544 g/mol. The fraction of sp³-hybridized carbons (Fsp3) is 0.389. The Morgan fingerprint density at radius 1 is 1.11 bits per heavy atom. The van der Waals surface area contributed by atoms with Crippen LogP contribution in [0, 0.1) is 0 Å². The van der Waals surface area contributed by atoms with Crippen LogP contribution in [0.4, 0.5) is 0 Å². The number of methoxy groups -OCH3 is 1. The number of aliphatic hydroxyl groups is 2. The third kappa shape index (κ3) is 5.91. The molecular formula is C18H21N3O14P2. The number of aromatic nitrogens is 3. The summed E-state index contributed by atoms with van der Waals surface area (Å²) in [6, 6.07) is 5.85. The molecule has 2 unspecified atom stereocenters. The van der Waals surface area contributed by atoms with E-state index < -0.39 is 58.0 Å². The van der Waals surface area contributed by atoms with Crippen LogP contribution in [0.5, 0.6) is 5.75 Å². The highest BCUT2D eigenvalue weighted by Crippen LogP contribution is 2.57. The molecule has 1 aliphatic rings. The lowest BCUT2D eigenvalue weighted by Crippen LogP contribution is -2.43. The van der Waals surface area contributed by atoms with Gasteiger partial charge in [0.2, 0.25) is 0 Å². The highest BCUT2D eigenvalue weighted by molar-refractivity contribution is 7.60. The fourth-order valence-corrected chi connectivity index (χ4v) is 5.25. The van der Waals surface area contributed by atoms with E-state index in [-0.39, 0.29) is 12.2 Å². The molecule has 3 aromatic rings. The van der Waals surface area contributed by atoms with Crippen molar-refractivity contribution in [3.63, 3.8) is 0 Å². The van der Waals surface area contributed by atoms with Crippen molar-refractivity contribution in [1.82, 2.24) is 14.3 Å². The van der Waals surface area contributed by atoms with Gasteiger partial charge in [-0.2, -0.15) is 4.31 Å². The maximum Gasteiger partial charge on any atom is 0.481 e. The van der Waals surface area contributed by atoms with Crippen LogP contribution < -0.4 is 16.0 Å². The SMILES string of the molecule is COc1ccc2c(Cn3c(=O)ccn([C@@H]4O[C@H](COP(=O)(O)OP(=O)(O)O)C(O)[C@@H]4O)c3=O)noc2c1. The zero-order chi connectivity index (χ0) is 27.1. The Labute approximate surface area is 205 Å². The summed E-state index contributed by atoms with van der Waals surface area (Å²) >= 11 is 0. The average molecular weight is 565 g/mol. The average Bonchev–Trinajstić information content (AvgIpc) is 3.34. The summed E-state index contributed by atoms with van der Waals surface area (Å²) in [5.74, 6) is 0.504. The molecule has 5 N–H and O–H groups in total. The Hall–Kier alpha value is -2.69. The summed E-state index contributed by atoms with van der Waals surface area (Å²) in [5.41, 5.74) is -1.07. The second-order valence-corrected chi connectivity index (χ2v) is 10.6. The van der Waals surface area contributed by atoms with Crippen LogP contribution in [0.15, 0.2) is 44.6 Å². The molecule has 19 heteroatoms. The highest BCUT2D eigenvalue weighted by atomic mass is 31.3. The molecule has 1 saturated heterocycles. The first-order valence-corrected chi connectivity index (χ1v) is 13.3. The number of phosphoric ester groups is 1. The van der Waals surface area contributed by atoms with Gasteiger partial charge in [0.15, 0.2) is 11.8 Å². The molecule has 0 radical (unpaired) electrons. The third-order valence-electron chi connectivity index (χ3n) is 5.38. The lowest BCUT2D eigenvalue weighted by Gasteiger charge is -2.19. The number of rotatable bonds is 9. The van der Waals surface area contributed by atoms with Crippen molar-refractivity contribution in [3.8, 4) is 5.75 Å². The van der Waals surface area contributed by atoms with Crippen LogP contribution >= 0.6 is 15.6 Å². The molecule has 0 amide bonds. The molecule has 0 spiro atoms. The van der Waals surface area contributed by atoms with Crippen LogP contribution in [0.2, 0.25) is 0 Å². The standard InChI is InChI=1S/C18H21N3O14P2/c1-31-9-2-3-10-11(19-34-12(10)6-9)7-21-14(22)4-5-20(18(21)25)17-16(24)15(23)13(33-17)8-32-37(29,30)35-36(26,27)28/h2-6,13,15-17,23-24H,7-8H2,1H3,(H,29,30)(H2,26,27,28)/t13-,15?,16+,17-/m1/s1. The van der Waals surface area contributed by atoms with Crippen LogP contribution in [0.1, 0.15) is 11.9 Å². The van der Waals surface area contributed by atoms with E-state index in [1.54, 1.807) is 18.2 Å². The molecule has 17 nitrogen and oxygen atoms in total. The first-order chi connectivity index (χ1) is 17.3. The van der Waals surface area contributed by atoms with Gasteiger partial charge < -0.3 is 38.9 Å². The number of aliphatic hydroxyl groups excluding tert-OH is 2. The molecule has 202 valence electrons. The molecule has 0 aliphatic carbocycles. The number of nitrogens with zero attached hydrogens (tertiary/aromatic N) is 3. The van der Waals surface area contributed by atoms with E-state index in [2.05, 4.69) is 14.0 Å². The number of hydrogen-bond acceptors (Lipinski definition) is 12. The van der Waals surface area contributed by atoms with E-state index in [1.165, 1.54) is 7.11 Å². The molecule has 0 bridgehead atoms. The second-order valence-electron chi connectivity index (χ2n) is 7.80. The summed E-state index contributed by atoms with van der Waals surface area (Å²) in [5, 5.41) is 25.1. The maximum atomic E-state index is 13.1. The van der Waals surface area contributed by atoms with Gasteiger partial charge in [-0.05, 0) is 12.1 Å². The second kappa shape index (κ2) is 10.2. The molecule has 2 aromatic heterocycles. The van der Waals surface area contributed by atoms with Crippen molar-refractivity contribution >= 4 is 26.6 Å². The molecule has 5 atom stereocenters. The van der Waals surface area contributed by atoms with E-state index in [1.807, 2.05) is 0 Å². The monoisotopic (exact) mass is 565 g/mol. The van der Waals surface area contributed by atoms with E-state index >= 15 is 0 Å². The van der Waals surface area contributed by atoms with E-state index in [4.69, 9.17) is 23.8 Å². The number of phosphoric acid groups is 2. The largest absolute Gasteiger partial charge is 0.497 e. The van der Waals surface area contributed by atoms with Crippen molar-refractivity contribution in [3.05, 3.63) is 57.0 Å². The Balaban J connectivity index is 1.56. The van der Waals surface area contributed by atoms with E-state index in [9.17, 15) is 33.8 Å². The van der Waals surface area contributed by atoms with Gasteiger partial charge in [0, 0.05) is 23.7 Å². The predicted octanol–water partition coefficient (Wildman–Crippen LogP) is -0.946. The zero-order valence-electron chi connectivity index (χ0n) is 18.8. The first-order valence-electron chi connectivity index (χ1n) is 10.3. The smallest absolute Gasteiger partial charge is 0.481 e. The number of ether oxygens (including phenoxy) is 2.